The minimum atomic E-state index is -4.63. The molecule has 3 rings (SSSR count). The quantitative estimate of drug-likeness (QED) is 0.736. The van der Waals surface area contributed by atoms with Gasteiger partial charge in [0.25, 0.3) is 5.56 Å². The third kappa shape index (κ3) is 3.12. The number of nitrogens with one attached hydrogen (secondary N) is 1. The lowest BCUT2D eigenvalue weighted by Gasteiger charge is -2.15. The molecular weight excluding hydrogens is 339 g/mol. The summed E-state index contributed by atoms with van der Waals surface area (Å²) < 4.78 is 46.1. The molecule has 0 aliphatic rings. The molecule has 2 heterocycles. The van der Waals surface area contributed by atoms with Crippen LogP contribution in [0.5, 0.6) is 0 Å². The topological polar surface area (TPSA) is 77.0 Å². The van der Waals surface area contributed by atoms with Crippen LogP contribution in [0.3, 0.4) is 0 Å². The molecule has 0 atom stereocenters. The largest absolute Gasteiger partial charge is 0.462 e. The Morgan fingerprint density at radius 3 is 2.68 bits per heavy atom. The minimum absolute atomic E-state index is 0.0331. The molecule has 0 amide bonds. The highest BCUT2D eigenvalue weighted by Crippen LogP contribution is 2.36. The average Bonchev–Trinajstić information content (AvgIpc) is 3.06. The van der Waals surface area contributed by atoms with Crippen LogP contribution >= 0.6 is 0 Å². The number of ether oxygens (including phenoxy) is 1. The van der Waals surface area contributed by atoms with E-state index in [-0.39, 0.29) is 28.8 Å². The summed E-state index contributed by atoms with van der Waals surface area (Å²) >= 11 is 0. The summed E-state index contributed by atoms with van der Waals surface area (Å²) in [4.78, 5) is 29.8. The molecule has 1 aromatic carbocycles. The van der Waals surface area contributed by atoms with Gasteiger partial charge in [-0.05, 0) is 25.1 Å². The van der Waals surface area contributed by atoms with Crippen molar-refractivity contribution in [3.05, 3.63) is 58.4 Å². The number of carbonyl (C=O) groups is 1. The summed E-state index contributed by atoms with van der Waals surface area (Å²) in [5.41, 5.74) is -2.22. The van der Waals surface area contributed by atoms with Crippen LogP contribution in [0.1, 0.15) is 22.8 Å². The van der Waals surface area contributed by atoms with Crippen molar-refractivity contribution in [2.75, 3.05) is 6.61 Å². The Morgan fingerprint density at radius 2 is 2.08 bits per heavy atom. The fourth-order valence-electron chi connectivity index (χ4n) is 2.45. The molecule has 1 N–H and O–H groups in total. The standard InChI is InChI=1S/C16H12F3N3O3/c1-2-25-15(24)10-5-9-6-13(22-4-3-20-8-22)11(16(17,18)19)7-12(9)21-14(10)23/h3-8H,2H2,1H3,(H,21,23). The predicted molar refractivity (Wildman–Crippen MR) is 82.6 cm³/mol. The number of hydrogen-bond donors (Lipinski definition) is 1. The van der Waals surface area contributed by atoms with E-state index in [0.717, 1.165) is 6.07 Å². The summed E-state index contributed by atoms with van der Waals surface area (Å²) in [6.45, 7) is 1.66. The average molecular weight is 351 g/mol. The second-order valence-corrected chi connectivity index (χ2v) is 5.16. The zero-order valence-corrected chi connectivity index (χ0v) is 12.9. The second kappa shape index (κ2) is 6.08. The number of rotatable bonds is 3. The number of H-pyrrole nitrogens is 1. The number of aromatic nitrogens is 3. The first-order valence-corrected chi connectivity index (χ1v) is 7.25. The Hall–Kier alpha value is -3.10. The van der Waals surface area contributed by atoms with Gasteiger partial charge in [0.2, 0.25) is 0 Å². The van der Waals surface area contributed by atoms with Gasteiger partial charge in [0, 0.05) is 23.3 Å². The lowest BCUT2D eigenvalue weighted by Crippen LogP contribution is -2.20. The summed E-state index contributed by atoms with van der Waals surface area (Å²) in [6.07, 6.45) is -0.686. The van der Waals surface area contributed by atoms with E-state index in [1.54, 1.807) is 6.92 Å². The number of aromatic amines is 1. The van der Waals surface area contributed by atoms with E-state index in [1.807, 2.05) is 0 Å². The van der Waals surface area contributed by atoms with E-state index >= 15 is 0 Å². The molecule has 130 valence electrons. The summed E-state index contributed by atoms with van der Waals surface area (Å²) in [6, 6.07) is 3.28. The van der Waals surface area contributed by atoms with Gasteiger partial charge in [-0.3, -0.25) is 4.79 Å². The number of fused-ring (bicyclic) bond motifs is 1. The number of alkyl halides is 3. The number of esters is 1. The Kier molecular flexibility index (Phi) is 4.07. The van der Waals surface area contributed by atoms with Gasteiger partial charge in [0.15, 0.2) is 0 Å². The van der Waals surface area contributed by atoms with Crippen molar-refractivity contribution in [2.45, 2.75) is 13.1 Å². The Balaban J connectivity index is 2.28. The van der Waals surface area contributed by atoms with E-state index in [9.17, 15) is 22.8 Å². The van der Waals surface area contributed by atoms with Gasteiger partial charge in [0.05, 0.1) is 24.2 Å². The van der Waals surface area contributed by atoms with E-state index < -0.39 is 23.3 Å². The molecular formula is C16H12F3N3O3. The molecule has 6 nitrogen and oxygen atoms in total. The molecule has 0 spiro atoms. The van der Waals surface area contributed by atoms with Gasteiger partial charge in [-0.15, -0.1) is 0 Å². The Morgan fingerprint density at radius 1 is 1.32 bits per heavy atom. The van der Waals surface area contributed by atoms with Crippen LogP contribution in [0, 0.1) is 0 Å². The van der Waals surface area contributed by atoms with Crippen LogP contribution in [0.4, 0.5) is 13.2 Å². The molecule has 9 heteroatoms. The lowest BCUT2D eigenvalue weighted by atomic mass is 10.1. The maximum Gasteiger partial charge on any atom is 0.418 e. The van der Waals surface area contributed by atoms with Crippen LogP contribution in [0.15, 0.2) is 41.7 Å². The molecule has 0 aliphatic carbocycles. The number of halogens is 3. The highest BCUT2D eigenvalue weighted by atomic mass is 19.4. The van der Waals surface area contributed by atoms with E-state index in [0.29, 0.717) is 0 Å². The fraction of sp³-hybridized carbons (Fsp3) is 0.188. The highest BCUT2D eigenvalue weighted by molar-refractivity contribution is 5.94. The number of benzene rings is 1. The van der Waals surface area contributed by atoms with Crippen LogP contribution in [-0.2, 0) is 10.9 Å². The third-order valence-corrected chi connectivity index (χ3v) is 3.54. The van der Waals surface area contributed by atoms with Crippen molar-refractivity contribution in [2.24, 2.45) is 0 Å². The van der Waals surface area contributed by atoms with Crippen LogP contribution in [0.2, 0.25) is 0 Å². The third-order valence-electron chi connectivity index (χ3n) is 3.54. The number of pyridine rings is 1. The van der Waals surface area contributed by atoms with Crippen molar-refractivity contribution in [1.82, 2.24) is 14.5 Å². The van der Waals surface area contributed by atoms with Crippen molar-refractivity contribution < 1.29 is 22.7 Å². The first-order chi connectivity index (χ1) is 11.8. The van der Waals surface area contributed by atoms with E-state index in [1.165, 1.54) is 35.4 Å². The molecule has 25 heavy (non-hydrogen) atoms. The molecule has 2 aromatic heterocycles. The lowest BCUT2D eigenvalue weighted by molar-refractivity contribution is -0.137. The number of hydrogen-bond acceptors (Lipinski definition) is 4. The maximum atomic E-state index is 13.4. The Labute approximate surface area is 138 Å². The molecule has 0 unspecified atom stereocenters. The van der Waals surface area contributed by atoms with E-state index in [2.05, 4.69) is 9.97 Å². The van der Waals surface area contributed by atoms with Crippen LogP contribution in [-0.4, -0.2) is 27.1 Å². The fourth-order valence-corrected chi connectivity index (χ4v) is 2.45. The number of nitrogens with zero attached hydrogens (tertiary/aromatic N) is 2. The zero-order chi connectivity index (χ0) is 18.2. The zero-order valence-electron chi connectivity index (χ0n) is 12.9. The first kappa shape index (κ1) is 16.7. The molecule has 0 fully saturated rings. The second-order valence-electron chi connectivity index (χ2n) is 5.16. The van der Waals surface area contributed by atoms with E-state index in [4.69, 9.17) is 4.74 Å². The molecule has 0 radical (unpaired) electrons. The SMILES string of the molecule is CCOC(=O)c1cc2cc(-n3ccnc3)c(C(F)(F)F)cc2[nH]c1=O. The maximum absolute atomic E-state index is 13.4. The van der Waals surface area contributed by atoms with Gasteiger partial charge in [-0.1, -0.05) is 0 Å². The Bertz CT molecular complexity index is 992. The monoisotopic (exact) mass is 351 g/mol. The van der Waals surface area contributed by atoms with Gasteiger partial charge in [0.1, 0.15) is 5.56 Å². The number of imidazole rings is 1. The molecule has 0 aliphatic heterocycles. The minimum Gasteiger partial charge on any atom is -0.462 e. The predicted octanol–water partition coefficient (Wildman–Crippen LogP) is 2.91. The smallest absolute Gasteiger partial charge is 0.418 e. The van der Waals surface area contributed by atoms with Gasteiger partial charge < -0.3 is 14.3 Å². The summed E-state index contributed by atoms with van der Waals surface area (Å²) in [7, 11) is 0. The number of carbonyl (C=O) groups excluding carboxylic acids is 1. The normalized spacial score (nSPS) is 11.7. The van der Waals surface area contributed by atoms with Crippen molar-refractivity contribution in [3.8, 4) is 5.69 Å². The van der Waals surface area contributed by atoms with Gasteiger partial charge >= 0.3 is 12.1 Å². The van der Waals surface area contributed by atoms with Gasteiger partial charge in [-0.2, -0.15) is 13.2 Å². The first-order valence-electron chi connectivity index (χ1n) is 7.25. The van der Waals surface area contributed by atoms with Crippen LogP contribution < -0.4 is 5.56 Å². The molecule has 0 saturated heterocycles. The van der Waals surface area contributed by atoms with Crippen LogP contribution in [0.25, 0.3) is 16.6 Å². The summed E-state index contributed by atoms with van der Waals surface area (Å²) in [5, 5.41) is 0.263. The molecule has 0 saturated carbocycles. The molecule has 0 bridgehead atoms. The summed E-state index contributed by atoms with van der Waals surface area (Å²) in [5.74, 6) is -0.838. The van der Waals surface area contributed by atoms with Gasteiger partial charge in [-0.25, -0.2) is 9.78 Å². The highest BCUT2D eigenvalue weighted by Gasteiger charge is 2.34. The molecule has 3 aromatic rings. The van der Waals surface area contributed by atoms with Crippen molar-refractivity contribution in [3.63, 3.8) is 0 Å². The van der Waals surface area contributed by atoms with Crippen molar-refractivity contribution in [1.29, 1.82) is 0 Å². The van der Waals surface area contributed by atoms with Crippen molar-refractivity contribution >= 4 is 16.9 Å².